The van der Waals surface area contributed by atoms with Crippen molar-refractivity contribution in [1.82, 2.24) is 0 Å². The molecule has 2 heteroatoms. The zero-order chi connectivity index (χ0) is 5.82. The van der Waals surface area contributed by atoms with Gasteiger partial charge in [0.15, 0.2) is 0 Å². The summed E-state index contributed by atoms with van der Waals surface area (Å²) in [6.07, 6.45) is 7.94. The Bertz CT molecular complexity index is 154. The molecule has 2 nitrogen and oxygen atoms in total. The lowest BCUT2D eigenvalue weighted by molar-refractivity contribution is 1.28. The standard InChI is InChI=1S/C6H8N2/c7-5-6-1-3-8-4-2-6/h1,3-5H,2,7H2/b6-5+. The predicted molar refractivity (Wildman–Crippen MR) is 34.5 cm³/mol. The molecular weight excluding hydrogens is 100 g/mol. The van der Waals surface area contributed by atoms with Gasteiger partial charge in [0.1, 0.15) is 0 Å². The molecule has 0 aliphatic carbocycles. The third-order valence-corrected chi connectivity index (χ3v) is 1.02. The van der Waals surface area contributed by atoms with Crippen molar-refractivity contribution in [2.75, 3.05) is 0 Å². The van der Waals surface area contributed by atoms with E-state index in [1.807, 2.05) is 12.3 Å². The van der Waals surface area contributed by atoms with Crippen molar-refractivity contribution in [1.29, 1.82) is 0 Å². The quantitative estimate of drug-likeness (QED) is 0.490. The molecule has 1 aliphatic rings. The maximum absolute atomic E-state index is 5.23. The Balaban J connectivity index is 2.66. The van der Waals surface area contributed by atoms with Crippen LogP contribution in [-0.2, 0) is 0 Å². The molecule has 0 radical (unpaired) electrons. The van der Waals surface area contributed by atoms with Crippen LogP contribution in [0.4, 0.5) is 0 Å². The molecule has 1 aliphatic heterocycles. The van der Waals surface area contributed by atoms with Gasteiger partial charge in [-0.3, -0.25) is 4.99 Å². The van der Waals surface area contributed by atoms with Crippen LogP contribution in [0.2, 0.25) is 0 Å². The second-order valence-corrected chi connectivity index (χ2v) is 1.59. The van der Waals surface area contributed by atoms with E-state index in [9.17, 15) is 0 Å². The lowest BCUT2D eigenvalue weighted by Crippen LogP contribution is -1.89. The number of rotatable bonds is 0. The Morgan fingerprint density at radius 3 is 3.00 bits per heavy atom. The first-order valence-corrected chi connectivity index (χ1v) is 2.52. The van der Waals surface area contributed by atoms with Gasteiger partial charge in [-0.05, 0) is 17.8 Å². The minimum absolute atomic E-state index is 0.868. The molecule has 1 rings (SSSR count). The summed E-state index contributed by atoms with van der Waals surface area (Å²) >= 11 is 0. The normalized spacial score (nSPS) is 22.2. The van der Waals surface area contributed by atoms with Gasteiger partial charge < -0.3 is 5.73 Å². The monoisotopic (exact) mass is 108 g/mol. The average Bonchev–Trinajstić information content (AvgIpc) is 1.90. The zero-order valence-corrected chi connectivity index (χ0v) is 4.54. The maximum Gasteiger partial charge on any atom is 0.0267 e. The van der Waals surface area contributed by atoms with Gasteiger partial charge in [0.25, 0.3) is 0 Å². The molecule has 0 aromatic carbocycles. The first kappa shape index (κ1) is 5.09. The largest absolute Gasteiger partial charge is 0.404 e. The first-order valence-electron chi connectivity index (χ1n) is 2.52. The van der Waals surface area contributed by atoms with E-state index in [2.05, 4.69) is 4.99 Å². The molecule has 0 amide bonds. The highest BCUT2D eigenvalue weighted by molar-refractivity contribution is 5.65. The predicted octanol–water partition coefficient (Wildman–Crippen LogP) is 0.817. The summed E-state index contributed by atoms with van der Waals surface area (Å²) in [4.78, 5) is 3.87. The van der Waals surface area contributed by atoms with Gasteiger partial charge in [-0.25, -0.2) is 0 Å². The molecule has 0 saturated heterocycles. The molecular formula is C6H8N2. The van der Waals surface area contributed by atoms with E-state index in [1.165, 1.54) is 0 Å². The van der Waals surface area contributed by atoms with E-state index < -0.39 is 0 Å². The molecule has 0 unspecified atom stereocenters. The van der Waals surface area contributed by atoms with Crippen molar-refractivity contribution in [3.63, 3.8) is 0 Å². The van der Waals surface area contributed by atoms with Gasteiger partial charge >= 0.3 is 0 Å². The van der Waals surface area contributed by atoms with Crippen molar-refractivity contribution in [3.05, 3.63) is 24.0 Å². The maximum atomic E-state index is 5.23. The molecule has 0 saturated carbocycles. The number of hydrogen-bond acceptors (Lipinski definition) is 2. The molecule has 42 valence electrons. The summed E-state index contributed by atoms with van der Waals surface area (Å²) in [5, 5.41) is 0. The highest BCUT2D eigenvalue weighted by atomic mass is 14.7. The van der Waals surface area contributed by atoms with Crippen LogP contribution in [0.25, 0.3) is 0 Å². The Morgan fingerprint density at radius 1 is 1.75 bits per heavy atom. The number of aliphatic imine (C=N–C) groups is 1. The minimum atomic E-state index is 0.868. The van der Waals surface area contributed by atoms with Crippen molar-refractivity contribution in [2.45, 2.75) is 6.42 Å². The fourth-order valence-electron chi connectivity index (χ4n) is 0.549. The number of nitrogens with two attached hydrogens (primary N) is 1. The van der Waals surface area contributed by atoms with E-state index in [1.54, 1.807) is 12.4 Å². The van der Waals surface area contributed by atoms with Gasteiger partial charge in [-0.2, -0.15) is 0 Å². The van der Waals surface area contributed by atoms with E-state index in [0.717, 1.165) is 12.0 Å². The van der Waals surface area contributed by atoms with Crippen molar-refractivity contribution in [2.24, 2.45) is 10.7 Å². The van der Waals surface area contributed by atoms with Crippen LogP contribution >= 0.6 is 0 Å². The van der Waals surface area contributed by atoms with Crippen LogP contribution in [0.1, 0.15) is 6.42 Å². The Hall–Kier alpha value is -1.05. The van der Waals surface area contributed by atoms with Gasteiger partial charge in [0.2, 0.25) is 0 Å². The topological polar surface area (TPSA) is 38.4 Å². The van der Waals surface area contributed by atoms with E-state index in [4.69, 9.17) is 5.73 Å². The van der Waals surface area contributed by atoms with Crippen LogP contribution in [0.15, 0.2) is 29.0 Å². The van der Waals surface area contributed by atoms with E-state index in [-0.39, 0.29) is 0 Å². The van der Waals surface area contributed by atoms with Crippen LogP contribution < -0.4 is 5.73 Å². The molecule has 0 atom stereocenters. The number of allylic oxidation sites excluding steroid dienone is 2. The van der Waals surface area contributed by atoms with Crippen LogP contribution in [-0.4, -0.2) is 6.21 Å². The highest BCUT2D eigenvalue weighted by Crippen LogP contribution is 2.02. The second kappa shape index (κ2) is 2.31. The van der Waals surface area contributed by atoms with Gasteiger partial charge in [-0.15, -0.1) is 0 Å². The zero-order valence-electron chi connectivity index (χ0n) is 4.54. The Morgan fingerprint density at radius 2 is 2.62 bits per heavy atom. The fourth-order valence-corrected chi connectivity index (χ4v) is 0.549. The molecule has 0 fully saturated rings. The number of nitrogens with zero attached hydrogens (tertiary/aromatic N) is 1. The minimum Gasteiger partial charge on any atom is -0.404 e. The Kier molecular flexibility index (Phi) is 1.47. The summed E-state index contributed by atoms with van der Waals surface area (Å²) in [5.74, 6) is 0. The highest BCUT2D eigenvalue weighted by Gasteiger charge is 1.89. The van der Waals surface area contributed by atoms with E-state index >= 15 is 0 Å². The molecule has 0 spiro atoms. The van der Waals surface area contributed by atoms with Crippen LogP contribution in [0.5, 0.6) is 0 Å². The number of hydrogen-bond donors (Lipinski definition) is 1. The smallest absolute Gasteiger partial charge is 0.0267 e. The average molecular weight is 108 g/mol. The third-order valence-electron chi connectivity index (χ3n) is 1.02. The van der Waals surface area contributed by atoms with Crippen LogP contribution in [0, 0.1) is 0 Å². The van der Waals surface area contributed by atoms with Crippen molar-refractivity contribution in [3.8, 4) is 0 Å². The Labute approximate surface area is 48.4 Å². The van der Waals surface area contributed by atoms with Crippen LogP contribution in [0.3, 0.4) is 0 Å². The van der Waals surface area contributed by atoms with Crippen molar-refractivity contribution < 1.29 is 0 Å². The summed E-state index contributed by atoms with van der Waals surface area (Å²) < 4.78 is 0. The van der Waals surface area contributed by atoms with Gasteiger partial charge in [0, 0.05) is 18.8 Å². The fraction of sp³-hybridized carbons (Fsp3) is 0.167. The molecule has 0 aromatic heterocycles. The second-order valence-electron chi connectivity index (χ2n) is 1.59. The first-order chi connectivity index (χ1) is 3.93. The molecule has 0 aromatic rings. The van der Waals surface area contributed by atoms with Gasteiger partial charge in [0.05, 0.1) is 0 Å². The molecule has 2 N–H and O–H groups in total. The molecule has 8 heavy (non-hydrogen) atoms. The third kappa shape index (κ3) is 0.964. The lowest BCUT2D eigenvalue weighted by atomic mass is 10.2. The summed E-state index contributed by atoms with van der Waals surface area (Å²) in [6, 6.07) is 0. The molecule has 1 heterocycles. The summed E-state index contributed by atoms with van der Waals surface area (Å²) in [6.45, 7) is 0. The van der Waals surface area contributed by atoms with Crippen molar-refractivity contribution >= 4 is 6.21 Å². The molecule has 0 bridgehead atoms. The van der Waals surface area contributed by atoms with E-state index in [0.29, 0.717) is 0 Å². The van der Waals surface area contributed by atoms with Gasteiger partial charge in [-0.1, -0.05) is 0 Å². The summed E-state index contributed by atoms with van der Waals surface area (Å²) in [7, 11) is 0. The SMILES string of the molecule is N/C=C1\C=CN=CC1. The lowest BCUT2D eigenvalue weighted by Gasteiger charge is -1.96. The summed E-state index contributed by atoms with van der Waals surface area (Å²) in [5.41, 5.74) is 6.35.